The van der Waals surface area contributed by atoms with Gasteiger partial charge in [-0.2, -0.15) is 0 Å². The Kier molecular flexibility index (Phi) is 3.09. The van der Waals surface area contributed by atoms with Crippen molar-refractivity contribution in [3.63, 3.8) is 0 Å². The maximum Gasteiger partial charge on any atom is 0.126 e. The summed E-state index contributed by atoms with van der Waals surface area (Å²) in [6, 6.07) is 13.1. The Labute approximate surface area is 115 Å². The summed E-state index contributed by atoms with van der Waals surface area (Å²) < 4.78 is 14.5. The van der Waals surface area contributed by atoms with E-state index < -0.39 is 0 Å². The van der Waals surface area contributed by atoms with Crippen LogP contribution in [0, 0.1) is 12.7 Å². The van der Waals surface area contributed by atoms with Crippen LogP contribution in [0.4, 0.5) is 4.39 Å². The first-order valence-corrected chi connectivity index (χ1v) is 7.02. The fraction of sp³-hybridized carbons (Fsp3) is 0.125. The molecule has 0 aliphatic heterocycles. The number of nitrogens with two attached hydrogens (primary N) is 1. The molecule has 2 N–H and O–H groups in total. The van der Waals surface area contributed by atoms with Crippen molar-refractivity contribution in [2.75, 3.05) is 0 Å². The van der Waals surface area contributed by atoms with Crippen molar-refractivity contribution in [3.8, 4) is 0 Å². The lowest BCUT2D eigenvalue weighted by Gasteiger charge is -2.14. The third-order valence-corrected chi connectivity index (χ3v) is 4.36. The largest absolute Gasteiger partial charge is 0.320 e. The van der Waals surface area contributed by atoms with E-state index >= 15 is 0 Å². The summed E-state index contributed by atoms with van der Waals surface area (Å²) in [6.07, 6.45) is 0. The average Bonchev–Trinajstić information content (AvgIpc) is 2.89. The maximum absolute atomic E-state index is 13.3. The standard InChI is InChI=1S/C16H14FNS/c1-10-9-12(5-6-14(10)17)15(18)13-4-2-3-11-7-8-19-16(11)13/h2-9,15H,18H2,1H3. The molecule has 3 heteroatoms. The van der Waals surface area contributed by atoms with Gasteiger partial charge in [0.15, 0.2) is 0 Å². The van der Waals surface area contributed by atoms with E-state index in [9.17, 15) is 4.39 Å². The minimum absolute atomic E-state index is 0.190. The van der Waals surface area contributed by atoms with Crippen LogP contribution in [0.1, 0.15) is 22.7 Å². The molecule has 96 valence electrons. The number of thiophene rings is 1. The lowest BCUT2D eigenvalue weighted by atomic mass is 9.97. The van der Waals surface area contributed by atoms with Crippen LogP contribution < -0.4 is 5.73 Å². The molecule has 0 spiro atoms. The van der Waals surface area contributed by atoms with Crippen LogP contribution in [0.25, 0.3) is 10.1 Å². The molecule has 1 unspecified atom stereocenters. The first-order chi connectivity index (χ1) is 9.16. The predicted molar refractivity (Wildman–Crippen MR) is 79.0 cm³/mol. The number of halogens is 1. The second-order valence-corrected chi connectivity index (χ2v) is 5.59. The molecule has 1 atom stereocenters. The van der Waals surface area contributed by atoms with Crippen LogP contribution in [0.15, 0.2) is 47.8 Å². The molecule has 19 heavy (non-hydrogen) atoms. The van der Waals surface area contributed by atoms with Crippen LogP contribution >= 0.6 is 11.3 Å². The van der Waals surface area contributed by atoms with E-state index in [1.54, 1.807) is 24.3 Å². The maximum atomic E-state index is 13.3. The van der Waals surface area contributed by atoms with Gasteiger partial charge in [0, 0.05) is 4.70 Å². The Bertz CT molecular complexity index is 732. The molecule has 0 fully saturated rings. The smallest absolute Gasteiger partial charge is 0.126 e. The van der Waals surface area contributed by atoms with E-state index in [1.807, 2.05) is 18.2 Å². The highest BCUT2D eigenvalue weighted by Crippen LogP contribution is 2.31. The second kappa shape index (κ2) is 4.76. The average molecular weight is 271 g/mol. The molecule has 0 radical (unpaired) electrons. The lowest BCUT2D eigenvalue weighted by Crippen LogP contribution is -2.12. The normalized spacial score (nSPS) is 12.8. The molecule has 3 aromatic rings. The van der Waals surface area contributed by atoms with Gasteiger partial charge in [0.2, 0.25) is 0 Å². The van der Waals surface area contributed by atoms with Gasteiger partial charge in [-0.05, 0) is 46.5 Å². The van der Waals surface area contributed by atoms with Crippen LogP contribution in [0.5, 0.6) is 0 Å². The molecule has 3 rings (SSSR count). The van der Waals surface area contributed by atoms with Crippen molar-refractivity contribution in [3.05, 3.63) is 70.4 Å². The van der Waals surface area contributed by atoms with E-state index in [-0.39, 0.29) is 11.9 Å². The molecule has 0 saturated heterocycles. The summed E-state index contributed by atoms with van der Waals surface area (Å²) in [6.45, 7) is 1.76. The lowest BCUT2D eigenvalue weighted by molar-refractivity contribution is 0.617. The van der Waals surface area contributed by atoms with Crippen molar-refractivity contribution < 1.29 is 4.39 Å². The predicted octanol–water partition coefficient (Wildman–Crippen LogP) is 4.40. The molecular weight excluding hydrogens is 257 g/mol. The van der Waals surface area contributed by atoms with Gasteiger partial charge in [-0.1, -0.05) is 30.3 Å². The monoisotopic (exact) mass is 271 g/mol. The second-order valence-electron chi connectivity index (χ2n) is 4.67. The zero-order valence-corrected chi connectivity index (χ0v) is 11.4. The Morgan fingerprint density at radius 2 is 2.00 bits per heavy atom. The minimum atomic E-state index is -0.221. The number of rotatable bonds is 2. The Morgan fingerprint density at radius 3 is 2.79 bits per heavy atom. The van der Waals surface area contributed by atoms with Crippen LogP contribution in [0.2, 0.25) is 0 Å². The summed E-state index contributed by atoms with van der Waals surface area (Å²) in [5, 5.41) is 3.27. The van der Waals surface area contributed by atoms with E-state index in [1.165, 1.54) is 16.2 Å². The Balaban J connectivity index is 2.10. The van der Waals surface area contributed by atoms with E-state index in [0.29, 0.717) is 5.56 Å². The molecule has 1 heterocycles. The molecule has 1 aromatic heterocycles. The zero-order chi connectivity index (χ0) is 13.4. The summed E-state index contributed by atoms with van der Waals surface area (Å²) in [5.74, 6) is -0.190. The third kappa shape index (κ3) is 2.15. The molecule has 0 aliphatic carbocycles. The Morgan fingerprint density at radius 1 is 1.16 bits per heavy atom. The molecule has 0 saturated carbocycles. The van der Waals surface area contributed by atoms with Crippen LogP contribution in [-0.4, -0.2) is 0 Å². The quantitative estimate of drug-likeness (QED) is 0.734. The first-order valence-electron chi connectivity index (χ1n) is 6.14. The summed E-state index contributed by atoms with van der Waals surface area (Å²) in [7, 11) is 0. The van der Waals surface area contributed by atoms with Gasteiger partial charge in [-0.15, -0.1) is 11.3 Å². The van der Waals surface area contributed by atoms with E-state index in [4.69, 9.17) is 5.73 Å². The SMILES string of the molecule is Cc1cc(C(N)c2cccc3ccsc23)ccc1F. The number of benzene rings is 2. The van der Waals surface area contributed by atoms with Gasteiger partial charge < -0.3 is 5.73 Å². The highest BCUT2D eigenvalue weighted by Gasteiger charge is 2.13. The zero-order valence-electron chi connectivity index (χ0n) is 10.6. The van der Waals surface area contributed by atoms with Crippen LogP contribution in [0.3, 0.4) is 0 Å². The highest BCUT2D eigenvalue weighted by molar-refractivity contribution is 7.17. The van der Waals surface area contributed by atoms with Gasteiger partial charge >= 0.3 is 0 Å². The fourth-order valence-electron chi connectivity index (χ4n) is 2.30. The van der Waals surface area contributed by atoms with Crippen molar-refractivity contribution in [1.29, 1.82) is 0 Å². The van der Waals surface area contributed by atoms with Gasteiger partial charge in [0.25, 0.3) is 0 Å². The van der Waals surface area contributed by atoms with E-state index in [0.717, 1.165) is 11.1 Å². The van der Waals surface area contributed by atoms with Crippen molar-refractivity contribution in [2.45, 2.75) is 13.0 Å². The van der Waals surface area contributed by atoms with Gasteiger partial charge in [-0.3, -0.25) is 0 Å². The molecule has 0 amide bonds. The fourth-order valence-corrected chi connectivity index (χ4v) is 3.26. The highest BCUT2D eigenvalue weighted by atomic mass is 32.1. The molecule has 0 aliphatic rings. The van der Waals surface area contributed by atoms with Gasteiger partial charge in [0.1, 0.15) is 5.82 Å². The Hall–Kier alpha value is -1.71. The molecule has 1 nitrogen and oxygen atoms in total. The van der Waals surface area contributed by atoms with Gasteiger partial charge in [-0.25, -0.2) is 4.39 Å². The topological polar surface area (TPSA) is 26.0 Å². The summed E-state index contributed by atoms with van der Waals surface area (Å²) in [4.78, 5) is 0. The number of fused-ring (bicyclic) bond motifs is 1. The number of aryl methyl sites for hydroxylation is 1. The molecule has 2 aromatic carbocycles. The molecule has 0 bridgehead atoms. The minimum Gasteiger partial charge on any atom is -0.320 e. The number of hydrogen-bond acceptors (Lipinski definition) is 2. The third-order valence-electron chi connectivity index (χ3n) is 3.39. The van der Waals surface area contributed by atoms with Crippen molar-refractivity contribution in [1.82, 2.24) is 0 Å². The summed E-state index contributed by atoms with van der Waals surface area (Å²) >= 11 is 1.69. The van der Waals surface area contributed by atoms with E-state index in [2.05, 4.69) is 17.5 Å². The molecular formula is C16H14FNS. The first kappa shape index (κ1) is 12.3. The van der Waals surface area contributed by atoms with Crippen molar-refractivity contribution in [2.24, 2.45) is 5.73 Å². The summed E-state index contributed by atoms with van der Waals surface area (Å²) in [5.41, 5.74) is 9.02. The van der Waals surface area contributed by atoms with Gasteiger partial charge in [0.05, 0.1) is 6.04 Å². The van der Waals surface area contributed by atoms with Crippen LogP contribution in [-0.2, 0) is 0 Å². The number of hydrogen-bond donors (Lipinski definition) is 1. The van der Waals surface area contributed by atoms with Crippen molar-refractivity contribution >= 4 is 21.4 Å².